The van der Waals surface area contributed by atoms with Gasteiger partial charge in [-0.15, -0.1) is 0 Å². The van der Waals surface area contributed by atoms with Crippen LogP contribution in [0.3, 0.4) is 0 Å². The maximum atomic E-state index is 13.4. The molecule has 0 aromatic heterocycles. The summed E-state index contributed by atoms with van der Waals surface area (Å²) in [5.41, 5.74) is 3.20. The van der Waals surface area contributed by atoms with Crippen LogP contribution in [0.25, 0.3) is 0 Å². The molecule has 3 aromatic carbocycles. The van der Waals surface area contributed by atoms with Crippen molar-refractivity contribution in [3.8, 4) is 5.75 Å². The molecule has 0 radical (unpaired) electrons. The molecule has 1 heterocycles. The molecule has 1 amide bonds. The molecule has 27 heavy (non-hydrogen) atoms. The van der Waals surface area contributed by atoms with Gasteiger partial charge in [-0.05, 0) is 43.3 Å². The summed E-state index contributed by atoms with van der Waals surface area (Å²) in [5, 5.41) is 0. The fourth-order valence-electron chi connectivity index (χ4n) is 2.96. The van der Waals surface area contributed by atoms with Gasteiger partial charge in [0.2, 0.25) is 0 Å². The number of hydrogen-bond acceptors (Lipinski definition) is 3. The van der Waals surface area contributed by atoms with Crippen LogP contribution in [0.5, 0.6) is 5.75 Å². The van der Waals surface area contributed by atoms with Crippen LogP contribution < -0.4 is 9.64 Å². The highest BCUT2D eigenvalue weighted by molar-refractivity contribution is 6.11. The Labute approximate surface area is 159 Å². The number of amides is 1. The zero-order valence-electron chi connectivity index (χ0n) is 15.2. The number of carbonyl (C=O) groups excluding carboxylic acids is 1. The number of para-hydroxylation sites is 3. The Kier molecular flexibility index (Phi) is 4.90. The molecular formula is C23H21NO3. The summed E-state index contributed by atoms with van der Waals surface area (Å²) >= 11 is 0. The minimum Gasteiger partial charge on any atom is -0.489 e. The maximum Gasteiger partial charge on any atom is 0.262 e. The molecule has 0 saturated carbocycles. The number of epoxide rings is 1. The number of aryl methyl sites for hydroxylation is 1. The van der Waals surface area contributed by atoms with Crippen LogP contribution in [0.15, 0.2) is 78.9 Å². The van der Waals surface area contributed by atoms with Gasteiger partial charge in [0.05, 0.1) is 12.3 Å². The molecule has 1 aliphatic rings. The minimum atomic E-state index is -0.0939. The van der Waals surface area contributed by atoms with E-state index in [-0.39, 0.29) is 12.0 Å². The van der Waals surface area contributed by atoms with Gasteiger partial charge in [0.25, 0.3) is 5.91 Å². The number of hydrogen-bond donors (Lipinski definition) is 0. The third-order valence-corrected chi connectivity index (χ3v) is 4.42. The summed E-state index contributed by atoms with van der Waals surface area (Å²) in [5.74, 6) is 0.571. The summed E-state index contributed by atoms with van der Waals surface area (Å²) in [7, 11) is 0. The fourth-order valence-corrected chi connectivity index (χ4v) is 2.96. The van der Waals surface area contributed by atoms with Gasteiger partial charge in [-0.25, -0.2) is 0 Å². The zero-order chi connectivity index (χ0) is 18.6. The first-order valence-electron chi connectivity index (χ1n) is 9.02. The Morgan fingerprint density at radius 1 is 1.04 bits per heavy atom. The Hall–Kier alpha value is -3.11. The molecule has 0 bridgehead atoms. The second-order valence-electron chi connectivity index (χ2n) is 6.58. The molecule has 0 aliphatic carbocycles. The smallest absolute Gasteiger partial charge is 0.262 e. The van der Waals surface area contributed by atoms with E-state index in [1.165, 1.54) is 0 Å². The fraction of sp³-hybridized carbons (Fsp3) is 0.174. The van der Waals surface area contributed by atoms with Gasteiger partial charge in [-0.1, -0.05) is 48.0 Å². The molecule has 136 valence electrons. The van der Waals surface area contributed by atoms with Crippen molar-refractivity contribution in [2.45, 2.75) is 13.0 Å². The molecule has 3 aromatic rings. The lowest BCUT2D eigenvalue weighted by molar-refractivity contribution is 0.0998. The van der Waals surface area contributed by atoms with Crippen molar-refractivity contribution >= 4 is 17.3 Å². The van der Waals surface area contributed by atoms with Crippen LogP contribution in [0.4, 0.5) is 11.4 Å². The van der Waals surface area contributed by atoms with Crippen LogP contribution in [-0.2, 0) is 4.74 Å². The van der Waals surface area contributed by atoms with E-state index in [1.807, 2.05) is 85.8 Å². The van der Waals surface area contributed by atoms with Gasteiger partial charge in [0.1, 0.15) is 18.5 Å². The first-order valence-corrected chi connectivity index (χ1v) is 9.02. The normalized spacial score (nSPS) is 15.2. The van der Waals surface area contributed by atoms with Crippen molar-refractivity contribution in [3.63, 3.8) is 0 Å². The van der Waals surface area contributed by atoms with Crippen molar-refractivity contribution in [3.05, 3.63) is 90.0 Å². The van der Waals surface area contributed by atoms with Crippen molar-refractivity contribution in [2.24, 2.45) is 0 Å². The van der Waals surface area contributed by atoms with E-state index in [9.17, 15) is 4.79 Å². The topological polar surface area (TPSA) is 42.1 Å². The van der Waals surface area contributed by atoms with E-state index in [1.54, 1.807) is 4.90 Å². The molecular weight excluding hydrogens is 338 g/mol. The number of nitrogens with zero attached hydrogens (tertiary/aromatic N) is 1. The Balaban J connectivity index is 1.76. The lowest BCUT2D eigenvalue weighted by Crippen LogP contribution is -2.26. The number of benzene rings is 3. The number of anilines is 2. The van der Waals surface area contributed by atoms with Crippen molar-refractivity contribution in [1.29, 1.82) is 0 Å². The minimum absolute atomic E-state index is 0.0939. The van der Waals surface area contributed by atoms with E-state index in [4.69, 9.17) is 9.47 Å². The van der Waals surface area contributed by atoms with Gasteiger partial charge in [-0.2, -0.15) is 0 Å². The average molecular weight is 359 g/mol. The molecule has 1 fully saturated rings. The van der Waals surface area contributed by atoms with Gasteiger partial charge in [0.15, 0.2) is 0 Å². The van der Waals surface area contributed by atoms with Crippen molar-refractivity contribution < 1.29 is 14.3 Å². The third-order valence-electron chi connectivity index (χ3n) is 4.42. The molecule has 1 atom stereocenters. The van der Waals surface area contributed by atoms with Crippen molar-refractivity contribution in [2.75, 3.05) is 18.1 Å². The van der Waals surface area contributed by atoms with Gasteiger partial charge in [-0.3, -0.25) is 9.69 Å². The molecule has 4 rings (SSSR count). The maximum absolute atomic E-state index is 13.4. The number of rotatable bonds is 6. The average Bonchev–Trinajstić information content (AvgIpc) is 3.53. The van der Waals surface area contributed by atoms with Crippen LogP contribution in [0.1, 0.15) is 15.9 Å². The van der Waals surface area contributed by atoms with Gasteiger partial charge in [0, 0.05) is 11.3 Å². The Morgan fingerprint density at radius 2 is 1.78 bits per heavy atom. The highest BCUT2D eigenvalue weighted by Gasteiger charge is 2.26. The summed E-state index contributed by atoms with van der Waals surface area (Å²) in [6, 6.07) is 24.9. The van der Waals surface area contributed by atoms with Crippen LogP contribution in [0.2, 0.25) is 0 Å². The standard InChI is InChI=1S/C23H21NO3/c1-17-8-7-9-18(14-17)23(25)24(19-10-3-2-4-11-19)21-12-5-6-13-22(21)27-16-20-15-26-20/h2-14,20H,15-16H2,1H3. The molecule has 4 heteroatoms. The largest absolute Gasteiger partial charge is 0.489 e. The van der Waals surface area contributed by atoms with E-state index in [2.05, 4.69) is 0 Å². The summed E-state index contributed by atoms with van der Waals surface area (Å²) in [4.78, 5) is 15.2. The molecule has 4 nitrogen and oxygen atoms in total. The summed E-state index contributed by atoms with van der Waals surface area (Å²) in [6.45, 7) is 3.20. The summed E-state index contributed by atoms with van der Waals surface area (Å²) in [6.07, 6.45) is 0.149. The van der Waals surface area contributed by atoms with E-state index in [0.717, 1.165) is 23.5 Å². The first-order chi connectivity index (χ1) is 13.2. The van der Waals surface area contributed by atoms with Crippen LogP contribution in [0, 0.1) is 6.92 Å². The lowest BCUT2D eigenvalue weighted by atomic mass is 10.1. The highest BCUT2D eigenvalue weighted by Crippen LogP contribution is 2.35. The van der Waals surface area contributed by atoms with Gasteiger partial charge >= 0.3 is 0 Å². The predicted octanol–water partition coefficient (Wildman–Crippen LogP) is 4.75. The molecule has 1 unspecified atom stereocenters. The molecule has 1 aliphatic heterocycles. The number of carbonyl (C=O) groups is 1. The molecule has 0 N–H and O–H groups in total. The zero-order valence-corrected chi connectivity index (χ0v) is 15.2. The van der Waals surface area contributed by atoms with E-state index < -0.39 is 0 Å². The third kappa shape index (κ3) is 4.01. The van der Waals surface area contributed by atoms with E-state index in [0.29, 0.717) is 17.9 Å². The number of ether oxygens (including phenoxy) is 2. The summed E-state index contributed by atoms with van der Waals surface area (Å²) < 4.78 is 11.2. The monoisotopic (exact) mass is 359 g/mol. The molecule has 1 saturated heterocycles. The SMILES string of the molecule is Cc1cccc(C(=O)N(c2ccccc2)c2ccccc2OCC2CO2)c1. The Morgan fingerprint density at radius 3 is 2.52 bits per heavy atom. The van der Waals surface area contributed by atoms with Crippen molar-refractivity contribution in [1.82, 2.24) is 0 Å². The quantitative estimate of drug-likeness (QED) is 0.597. The predicted molar refractivity (Wildman–Crippen MR) is 106 cm³/mol. The van der Waals surface area contributed by atoms with E-state index >= 15 is 0 Å². The van der Waals surface area contributed by atoms with Crippen LogP contribution in [-0.4, -0.2) is 25.2 Å². The highest BCUT2D eigenvalue weighted by atomic mass is 16.6. The Bertz CT molecular complexity index is 935. The van der Waals surface area contributed by atoms with Gasteiger partial charge < -0.3 is 9.47 Å². The first kappa shape index (κ1) is 17.3. The second kappa shape index (κ2) is 7.64. The second-order valence-corrected chi connectivity index (χ2v) is 6.58. The van der Waals surface area contributed by atoms with Crippen LogP contribution >= 0.6 is 0 Å². The molecule has 0 spiro atoms. The lowest BCUT2D eigenvalue weighted by Gasteiger charge is -2.25.